The van der Waals surface area contributed by atoms with Crippen molar-refractivity contribution in [3.63, 3.8) is 0 Å². The van der Waals surface area contributed by atoms with E-state index >= 15 is 0 Å². The van der Waals surface area contributed by atoms with Crippen LogP contribution in [-0.2, 0) is 11.3 Å². The molecule has 1 saturated heterocycles. The zero-order chi connectivity index (χ0) is 18.6. The third-order valence-corrected chi connectivity index (χ3v) is 5.79. The molecular formula is C20H23N5OS. The Kier molecular flexibility index (Phi) is 5.31. The van der Waals surface area contributed by atoms with E-state index < -0.39 is 0 Å². The normalized spacial score (nSPS) is 17.7. The van der Waals surface area contributed by atoms with Crippen molar-refractivity contribution >= 4 is 22.9 Å². The number of H-pyrrole nitrogens is 1. The second-order valence-electron chi connectivity index (χ2n) is 6.96. The van der Waals surface area contributed by atoms with E-state index in [0.717, 1.165) is 54.4 Å². The maximum Gasteiger partial charge on any atom is 0.228 e. The van der Waals surface area contributed by atoms with Crippen LogP contribution in [0.15, 0.2) is 42.7 Å². The molecule has 140 valence electrons. The van der Waals surface area contributed by atoms with Crippen LogP contribution >= 0.6 is 11.3 Å². The quantitative estimate of drug-likeness (QED) is 0.707. The molecular weight excluding hydrogens is 358 g/mol. The summed E-state index contributed by atoms with van der Waals surface area (Å²) in [4.78, 5) is 20.7. The summed E-state index contributed by atoms with van der Waals surface area (Å²) in [7, 11) is 0. The Balaban J connectivity index is 1.34. The smallest absolute Gasteiger partial charge is 0.228 e. The third-order valence-electron chi connectivity index (χ3n) is 4.89. The van der Waals surface area contributed by atoms with E-state index in [1.54, 1.807) is 17.5 Å². The first kappa shape index (κ1) is 17.9. The summed E-state index contributed by atoms with van der Waals surface area (Å²) < 4.78 is 0. The summed E-state index contributed by atoms with van der Waals surface area (Å²) in [6, 6.07) is 9.78. The van der Waals surface area contributed by atoms with Gasteiger partial charge in [0, 0.05) is 36.0 Å². The molecule has 0 radical (unpaired) electrons. The number of aromatic nitrogens is 3. The predicted molar refractivity (Wildman–Crippen MR) is 108 cm³/mol. The van der Waals surface area contributed by atoms with Crippen LogP contribution in [0.25, 0.3) is 11.3 Å². The number of nitrogens with one attached hydrogen (secondary N) is 2. The van der Waals surface area contributed by atoms with Gasteiger partial charge in [0.25, 0.3) is 0 Å². The number of hydrogen-bond donors (Lipinski definition) is 2. The van der Waals surface area contributed by atoms with Crippen LogP contribution < -0.4 is 5.32 Å². The molecule has 1 aliphatic heterocycles. The number of aryl methyl sites for hydroxylation is 1. The fourth-order valence-corrected chi connectivity index (χ4v) is 4.34. The van der Waals surface area contributed by atoms with Gasteiger partial charge in [-0.25, -0.2) is 4.98 Å². The highest BCUT2D eigenvalue weighted by atomic mass is 32.1. The Bertz CT molecular complexity index is 888. The zero-order valence-electron chi connectivity index (χ0n) is 15.3. The first-order valence-electron chi connectivity index (χ1n) is 9.22. The summed E-state index contributed by atoms with van der Waals surface area (Å²) in [5.74, 6) is 0.134. The molecule has 4 rings (SSSR count). The van der Waals surface area contributed by atoms with Crippen LogP contribution in [-0.4, -0.2) is 39.1 Å². The number of anilines is 1. The molecule has 27 heavy (non-hydrogen) atoms. The van der Waals surface area contributed by atoms with Crippen LogP contribution in [0.2, 0.25) is 0 Å². The lowest BCUT2D eigenvalue weighted by atomic mass is 9.97. The van der Waals surface area contributed by atoms with Crippen molar-refractivity contribution in [3.05, 3.63) is 52.6 Å². The number of thiazole rings is 1. The molecule has 0 bridgehead atoms. The second-order valence-corrected chi connectivity index (χ2v) is 8.28. The fraction of sp³-hybridized carbons (Fsp3) is 0.350. The number of amides is 1. The molecule has 0 spiro atoms. The molecule has 3 heterocycles. The maximum atomic E-state index is 12.7. The zero-order valence-corrected chi connectivity index (χ0v) is 16.1. The highest BCUT2D eigenvalue weighted by Crippen LogP contribution is 2.23. The van der Waals surface area contributed by atoms with E-state index in [-0.39, 0.29) is 11.8 Å². The fourth-order valence-electron chi connectivity index (χ4n) is 3.51. The number of piperidine rings is 1. The number of hydrogen-bond acceptors (Lipinski definition) is 5. The molecule has 2 aromatic heterocycles. The summed E-state index contributed by atoms with van der Waals surface area (Å²) in [6.45, 7) is 4.75. The van der Waals surface area contributed by atoms with Crippen molar-refractivity contribution in [2.75, 3.05) is 18.4 Å². The van der Waals surface area contributed by atoms with Gasteiger partial charge in [0.05, 0.1) is 16.6 Å². The van der Waals surface area contributed by atoms with Crippen molar-refractivity contribution < 1.29 is 4.79 Å². The van der Waals surface area contributed by atoms with Crippen molar-refractivity contribution in [2.24, 2.45) is 5.92 Å². The van der Waals surface area contributed by atoms with Crippen LogP contribution in [0, 0.1) is 12.8 Å². The summed E-state index contributed by atoms with van der Waals surface area (Å²) in [6.07, 6.45) is 5.67. The van der Waals surface area contributed by atoms with Gasteiger partial charge in [0.2, 0.25) is 5.91 Å². The lowest BCUT2D eigenvalue weighted by Gasteiger charge is -2.31. The Morgan fingerprint density at radius 2 is 2.19 bits per heavy atom. The van der Waals surface area contributed by atoms with Gasteiger partial charge in [0.1, 0.15) is 0 Å². The highest BCUT2D eigenvalue weighted by molar-refractivity contribution is 7.11. The first-order valence-corrected chi connectivity index (χ1v) is 10.0. The summed E-state index contributed by atoms with van der Waals surface area (Å²) in [5.41, 5.74) is 2.85. The van der Waals surface area contributed by atoms with E-state index in [2.05, 4.69) is 25.4 Å². The van der Waals surface area contributed by atoms with Crippen molar-refractivity contribution in [1.29, 1.82) is 0 Å². The van der Waals surface area contributed by atoms with E-state index in [1.165, 1.54) is 4.88 Å². The van der Waals surface area contributed by atoms with Crippen molar-refractivity contribution in [3.8, 4) is 11.3 Å². The minimum absolute atomic E-state index is 0.0278. The van der Waals surface area contributed by atoms with Crippen LogP contribution in [0.4, 0.5) is 5.69 Å². The third kappa shape index (κ3) is 4.43. The summed E-state index contributed by atoms with van der Waals surface area (Å²) >= 11 is 1.73. The molecule has 1 atom stereocenters. The number of carbonyl (C=O) groups is 1. The van der Waals surface area contributed by atoms with Crippen molar-refractivity contribution in [2.45, 2.75) is 26.3 Å². The van der Waals surface area contributed by atoms with Gasteiger partial charge >= 0.3 is 0 Å². The predicted octanol–water partition coefficient (Wildman–Crippen LogP) is 3.69. The number of likely N-dealkylation sites (tertiary alicyclic amines) is 1. The molecule has 3 aromatic rings. The highest BCUT2D eigenvalue weighted by Gasteiger charge is 2.26. The monoisotopic (exact) mass is 381 g/mol. The van der Waals surface area contributed by atoms with E-state index in [1.807, 2.05) is 43.5 Å². The maximum absolute atomic E-state index is 12.7. The van der Waals surface area contributed by atoms with E-state index in [4.69, 9.17) is 0 Å². The minimum Gasteiger partial charge on any atom is -0.326 e. The standard InChI is InChI=1S/C20H23N5OS/c1-14-21-11-18(27-14)13-25-10-2-3-16(12-25)20(26)23-17-6-4-15(5-7-17)19-8-9-22-24-19/h4-9,11,16H,2-3,10,12-13H2,1H3,(H,22,24)(H,23,26). The molecule has 1 aromatic carbocycles. The number of rotatable bonds is 5. The number of benzene rings is 1. The Morgan fingerprint density at radius 3 is 2.89 bits per heavy atom. The Hall–Kier alpha value is -2.51. The molecule has 0 saturated carbocycles. The molecule has 1 amide bonds. The topological polar surface area (TPSA) is 73.9 Å². The van der Waals surface area contributed by atoms with E-state index in [9.17, 15) is 4.79 Å². The lowest BCUT2D eigenvalue weighted by Crippen LogP contribution is -2.40. The molecule has 1 fully saturated rings. The van der Waals surface area contributed by atoms with Gasteiger partial charge < -0.3 is 5.32 Å². The average molecular weight is 382 g/mol. The molecule has 1 aliphatic rings. The van der Waals surface area contributed by atoms with Crippen LogP contribution in [0.1, 0.15) is 22.7 Å². The molecule has 1 unspecified atom stereocenters. The van der Waals surface area contributed by atoms with Gasteiger partial charge in [-0.1, -0.05) is 12.1 Å². The van der Waals surface area contributed by atoms with Gasteiger partial charge in [-0.15, -0.1) is 11.3 Å². The molecule has 7 heteroatoms. The van der Waals surface area contributed by atoms with Crippen LogP contribution in [0.5, 0.6) is 0 Å². The molecule has 0 aliphatic carbocycles. The van der Waals surface area contributed by atoms with Crippen LogP contribution in [0.3, 0.4) is 0 Å². The van der Waals surface area contributed by atoms with Gasteiger partial charge in [-0.3, -0.25) is 14.8 Å². The summed E-state index contributed by atoms with van der Waals surface area (Å²) in [5, 5.41) is 11.1. The number of aromatic amines is 1. The van der Waals surface area contributed by atoms with Gasteiger partial charge in [-0.2, -0.15) is 5.10 Å². The lowest BCUT2D eigenvalue weighted by molar-refractivity contribution is -0.121. The minimum atomic E-state index is 0.0278. The average Bonchev–Trinajstić information content (AvgIpc) is 3.35. The van der Waals surface area contributed by atoms with Gasteiger partial charge in [0.15, 0.2) is 0 Å². The molecule has 2 N–H and O–H groups in total. The SMILES string of the molecule is Cc1ncc(CN2CCCC(C(=O)Nc3ccc(-c4ccn[nH]4)cc3)C2)s1. The van der Waals surface area contributed by atoms with Crippen molar-refractivity contribution in [1.82, 2.24) is 20.1 Å². The second kappa shape index (κ2) is 8.02. The van der Waals surface area contributed by atoms with Gasteiger partial charge in [-0.05, 0) is 50.1 Å². The first-order chi connectivity index (χ1) is 13.2. The Labute approximate surface area is 162 Å². The number of nitrogens with zero attached hydrogens (tertiary/aromatic N) is 3. The van der Waals surface area contributed by atoms with E-state index in [0.29, 0.717) is 0 Å². The number of carbonyl (C=O) groups excluding carboxylic acids is 1. The molecule has 6 nitrogen and oxygen atoms in total. The Morgan fingerprint density at radius 1 is 1.33 bits per heavy atom. The largest absolute Gasteiger partial charge is 0.326 e.